The summed E-state index contributed by atoms with van der Waals surface area (Å²) in [6.45, 7) is 8.48. The minimum Gasteiger partial charge on any atom is -0.490 e. The van der Waals surface area contributed by atoms with E-state index in [0.717, 1.165) is 49.4 Å². The van der Waals surface area contributed by atoms with E-state index < -0.39 is 0 Å². The Morgan fingerprint density at radius 2 is 1.66 bits per heavy atom. The number of benzene rings is 2. The van der Waals surface area contributed by atoms with Crippen LogP contribution in [-0.2, 0) is 0 Å². The molecule has 2 atom stereocenters. The third-order valence-electron chi connectivity index (χ3n) is 8.48. The highest BCUT2D eigenvalue weighted by Gasteiger charge is 2.45. The number of para-hydroxylation sites is 2. The molecule has 188 valence electrons. The molecule has 0 aromatic heterocycles. The molecule has 5 nitrogen and oxygen atoms in total. The van der Waals surface area contributed by atoms with Crippen LogP contribution in [0.4, 0.5) is 11.4 Å². The minimum atomic E-state index is -0.168. The van der Waals surface area contributed by atoms with Crippen LogP contribution in [0.3, 0.4) is 0 Å². The van der Waals surface area contributed by atoms with Gasteiger partial charge in [-0.15, -0.1) is 0 Å². The number of hydrogen-bond donors (Lipinski definition) is 2. The third kappa shape index (κ3) is 5.83. The summed E-state index contributed by atoms with van der Waals surface area (Å²) >= 11 is 0. The average molecular weight is 476 g/mol. The number of piperidine rings is 1. The van der Waals surface area contributed by atoms with Crippen LogP contribution in [0.25, 0.3) is 0 Å². The molecule has 2 aliphatic carbocycles. The van der Waals surface area contributed by atoms with Crippen molar-refractivity contribution in [2.24, 2.45) is 23.2 Å². The highest BCUT2D eigenvalue weighted by atomic mass is 16.5. The van der Waals surface area contributed by atoms with Crippen molar-refractivity contribution in [1.82, 2.24) is 4.90 Å². The first-order valence-electron chi connectivity index (χ1n) is 13.5. The second kappa shape index (κ2) is 10.2. The van der Waals surface area contributed by atoms with Gasteiger partial charge in [0, 0.05) is 25.2 Å². The lowest BCUT2D eigenvalue weighted by Gasteiger charge is -2.52. The summed E-state index contributed by atoms with van der Waals surface area (Å²) in [5.41, 5.74) is 8.27. The predicted molar refractivity (Wildman–Crippen MR) is 143 cm³/mol. The van der Waals surface area contributed by atoms with Crippen LogP contribution in [0.1, 0.15) is 69.2 Å². The Balaban J connectivity index is 1.11. The van der Waals surface area contributed by atoms with Gasteiger partial charge >= 0.3 is 0 Å². The highest BCUT2D eigenvalue weighted by Crippen LogP contribution is 2.53. The van der Waals surface area contributed by atoms with E-state index in [4.69, 9.17) is 10.5 Å². The van der Waals surface area contributed by atoms with Gasteiger partial charge in [0.15, 0.2) is 0 Å². The number of nitrogens with zero attached hydrogens (tertiary/aromatic N) is 1. The molecule has 35 heavy (non-hydrogen) atoms. The zero-order valence-corrected chi connectivity index (χ0v) is 21.3. The fourth-order valence-electron chi connectivity index (χ4n) is 7.44. The van der Waals surface area contributed by atoms with Crippen LogP contribution in [0.5, 0.6) is 5.75 Å². The lowest BCUT2D eigenvalue weighted by atomic mass is 9.56. The van der Waals surface area contributed by atoms with E-state index in [1.54, 1.807) is 12.1 Å². The summed E-state index contributed by atoms with van der Waals surface area (Å²) in [4.78, 5) is 15.3. The van der Waals surface area contributed by atoms with Crippen LogP contribution < -0.4 is 15.8 Å². The molecule has 5 heteroatoms. The van der Waals surface area contributed by atoms with Crippen LogP contribution in [0, 0.1) is 23.2 Å². The molecule has 0 spiro atoms. The lowest BCUT2D eigenvalue weighted by molar-refractivity contribution is -0.0210. The molecule has 3 aliphatic rings. The van der Waals surface area contributed by atoms with Gasteiger partial charge in [0.25, 0.3) is 5.91 Å². The van der Waals surface area contributed by atoms with Gasteiger partial charge in [-0.3, -0.25) is 4.79 Å². The van der Waals surface area contributed by atoms with Crippen LogP contribution in [0.2, 0.25) is 0 Å². The Hall–Kier alpha value is -2.53. The van der Waals surface area contributed by atoms with Crippen molar-refractivity contribution in [2.45, 2.75) is 64.9 Å². The Morgan fingerprint density at radius 1 is 1.00 bits per heavy atom. The molecule has 2 aromatic carbocycles. The number of likely N-dealkylation sites (tertiary alicyclic amines) is 1. The molecule has 1 heterocycles. The molecule has 1 saturated heterocycles. The molecule has 2 saturated carbocycles. The average Bonchev–Trinajstić information content (AvgIpc) is 2.81. The lowest BCUT2D eigenvalue weighted by Crippen LogP contribution is -2.49. The molecule has 1 amide bonds. The number of ether oxygens (including phenoxy) is 1. The maximum atomic E-state index is 12.6. The van der Waals surface area contributed by atoms with E-state index in [1.165, 1.54) is 38.6 Å². The minimum absolute atomic E-state index is 0.168. The van der Waals surface area contributed by atoms with Gasteiger partial charge in [-0.25, -0.2) is 0 Å². The van der Waals surface area contributed by atoms with Crippen molar-refractivity contribution in [3.63, 3.8) is 0 Å². The van der Waals surface area contributed by atoms with Crippen molar-refractivity contribution in [1.29, 1.82) is 0 Å². The molecule has 1 aliphatic heterocycles. The van der Waals surface area contributed by atoms with Gasteiger partial charge in [-0.2, -0.15) is 0 Å². The zero-order chi connectivity index (χ0) is 24.4. The zero-order valence-electron chi connectivity index (χ0n) is 21.3. The molecule has 2 aromatic rings. The van der Waals surface area contributed by atoms with Crippen LogP contribution in [-0.4, -0.2) is 36.5 Å². The molecule has 2 unspecified atom stereocenters. The molecule has 3 N–H and O–H groups in total. The Morgan fingerprint density at radius 3 is 2.31 bits per heavy atom. The highest BCUT2D eigenvalue weighted by molar-refractivity contribution is 6.05. The van der Waals surface area contributed by atoms with E-state index in [9.17, 15) is 4.79 Å². The number of carbonyl (C=O) groups excluding carboxylic acids is 1. The number of hydrogen-bond acceptors (Lipinski definition) is 4. The number of anilines is 2. The van der Waals surface area contributed by atoms with Gasteiger partial charge in [0.1, 0.15) is 11.9 Å². The fraction of sp³-hybridized carbons (Fsp3) is 0.567. The number of rotatable bonds is 6. The SMILES string of the molecule is CC1CC2CC(C)CC(CN3CCC(Oc4ccc(C(=O)Nc5ccccc5N)cc4)CC3)(C1)C2. The number of nitrogens with one attached hydrogen (secondary N) is 1. The number of nitrogens with two attached hydrogens (primary N) is 1. The topological polar surface area (TPSA) is 67.6 Å². The summed E-state index contributed by atoms with van der Waals surface area (Å²) in [6, 6.07) is 14.7. The second-order valence-corrected chi connectivity index (χ2v) is 11.8. The standard InChI is InChI=1S/C30H41N3O2/c1-21-15-23-16-22(2)18-30(17-21,19-23)20-33-13-11-26(12-14-33)35-25-9-7-24(8-10-25)29(34)32-28-6-4-3-5-27(28)31/h3-10,21-23,26H,11-20,31H2,1-2H3,(H,32,34). The Kier molecular flexibility index (Phi) is 7.06. The maximum Gasteiger partial charge on any atom is 0.255 e. The van der Waals surface area contributed by atoms with Crippen molar-refractivity contribution in [3.8, 4) is 5.75 Å². The van der Waals surface area contributed by atoms with Crippen molar-refractivity contribution in [3.05, 3.63) is 54.1 Å². The number of amides is 1. The molecule has 0 radical (unpaired) electrons. The van der Waals surface area contributed by atoms with E-state index in [0.29, 0.717) is 22.4 Å². The molecule has 2 bridgehead atoms. The van der Waals surface area contributed by atoms with Crippen molar-refractivity contribution in [2.75, 3.05) is 30.7 Å². The van der Waals surface area contributed by atoms with Gasteiger partial charge in [-0.1, -0.05) is 26.0 Å². The van der Waals surface area contributed by atoms with Crippen LogP contribution >= 0.6 is 0 Å². The maximum absolute atomic E-state index is 12.6. The first-order valence-corrected chi connectivity index (χ1v) is 13.5. The van der Waals surface area contributed by atoms with Gasteiger partial charge < -0.3 is 20.7 Å². The summed E-state index contributed by atoms with van der Waals surface area (Å²) in [5, 5.41) is 2.88. The summed E-state index contributed by atoms with van der Waals surface area (Å²) < 4.78 is 6.30. The molecule has 3 fully saturated rings. The number of nitrogen functional groups attached to an aromatic ring is 1. The quantitative estimate of drug-likeness (QED) is 0.487. The van der Waals surface area contributed by atoms with Crippen LogP contribution in [0.15, 0.2) is 48.5 Å². The Bertz CT molecular complexity index is 993. The summed E-state index contributed by atoms with van der Waals surface area (Å²) in [5.74, 6) is 3.40. The first kappa shape index (κ1) is 24.2. The smallest absolute Gasteiger partial charge is 0.255 e. The number of carbonyl (C=O) groups is 1. The number of fused-ring (bicyclic) bond motifs is 2. The van der Waals surface area contributed by atoms with Gasteiger partial charge in [-0.05, 0) is 105 Å². The van der Waals surface area contributed by atoms with E-state index in [-0.39, 0.29) is 12.0 Å². The summed E-state index contributed by atoms with van der Waals surface area (Å²) in [7, 11) is 0. The predicted octanol–water partition coefficient (Wildman–Crippen LogP) is 6.22. The molecule has 5 rings (SSSR count). The van der Waals surface area contributed by atoms with E-state index in [2.05, 4.69) is 24.1 Å². The van der Waals surface area contributed by atoms with Gasteiger partial charge in [0.05, 0.1) is 11.4 Å². The largest absolute Gasteiger partial charge is 0.490 e. The van der Waals surface area contributed by atoms with Gasteiger partial charge in [0.2, 0.25) is 0 Å². The van der Waals surface area contributed by atoms with Crippen molar-refractivity contribution < 1.29 is 9.53 Å². The first-order chi connectivity index (χ1) is 16.9. The summed E-state index contributed by atoms with van der Waals surface area (Å²) in [6.07, 6.45) is 9.57. The van der Waals surface area contributed by atoms with Crippen molar-refractivity contribution >= 4 is 17.3 Å². The monoisotopic (exact) mass is 475 g/mol. The van der Waals surface area contributed by atoms with E-state index >= 15 is 0 Å². The third-order valence-corrected chi connectivity index (χ3v) is 8.48. The second-order valence-electron chi connectivity index (χ2n) is 11.8. The molecular formula is C30H41N3O2. The van der Waals surface area contributed by atoms with E-state index in [1.807, 2.05) is 36.4 Å². The Labute approximate surface area is 210 Å². The normalized spacial score (nSPS) is 29.5. The fourth-order valence-corrected chi connectivity index (χ4v) is 7.44. The molecular weight excluding hydrogens is 434 g/mol.